The van der Waals surface area contributed by atoms with Gasteiger partial charge in [-0.2, -0.15) is 0 Å². The van der Waals surface area contributed by atoms with Gasteiger partial charge in [0.25, 0.3) is 0 Å². The van der Waals surface area contributed by atoms with E-state index in [0.717, 1.165) is 19.4 Å². The molecule has 1 rings (SSSR count). The van der Waals surface area contributed by atoms with Crippen molar-refractivity contribution in [2.45, 2.75) is 38.8 Å². The van der Waals surface area contributed by atoms with Crippen LogP contribution in [0.15, 0.2) is 0 Å². The highest BCUT2D eigenvalue weighted by molar-refractivity contribution is 5.78. The minimum atomic E-state index is 0.0480. The maximum absolute atomic E-state index is 11.9. The Morgan fingerprint density at radius 3 is 2.53 bits per heavy atom. The molecule has 0 heterocycles. The van der Waals surface area contributed by atoms with Gasteiger partial charge in [0, 0.05) is 18.6 Å². The summed E-state index contributed by atoms with van der Waals surface area (Å²) in [6.07, 6.45) is 2.30. The Hall–Kier alpha value is -0.610. The first-order valence-electron chi connectivity index (χ1n) is 5.70. The van der Waals surface area contributed by atoms with Gasteiger partial charge in [-0.3, -0.25) is 9.69 Å². The second-order valence-electron chi connectivity index (χ2n) is 4.36. The minimum Gasteiger partial charge on any atom is -0.395 e. The molecule has 0 aromatic rings. The quantitative estimate of drug-likeness (QED) is 0.692. The van der Waals surface area contributed by atoms with E-state index in [1.807, 2.05) is 30.7 Å². The first kappa shape index (κ1) is 12.5. The Morgan fingerprint density at radius 2 is 2.13 bits per heavy atom. The van der Waals surface area contributed by atoms with Gasteiger partial charge in [0.05, 0.1) is 13.2 Å². The predicted molar refractivity (Wildman–Crippen MR) is 59.6 cm³/mol. The van der Waals surface area contributed by atoms with Crippen LogP contribution in [0, 0.1) is 0 Å². The molecule has 0 radical (unpaired) electrons. The molecule has 1 amide bonds. The number of rotatable bonds is 6. The molecular weight excluding hydrogens is 192 g/mol. The van der Waals surface area contributed by atoms with Gasteiger partial charge in [-0.25, -0.2) is 0 Å². The summed E-state index contributed by atoms with van der Waals surface area (Å²) in [5, 5.41) is 8.97. The predicted octanol–water partition coefficient (Wildman–Crippen LogP) is 0.310. The van der Waals surface area contributed by atoms with Gasteiger partial charge in [0.15, 0.2) is 0 Å². The fourth-order valence-corrected chi connectivity index (χ4v) is 1.62. The number of nitrogens with zero attached hydrogens (tertiary/aromatic N) is 2. The second-order valence-corrected chi connectivity index (χ2v) is 4.36. The first-order chi connectivity index (χ1) is 7.10. The Morgan fingerprint density at radius 1 is 1.53 bits per heavy atom. The average Bonchev–Trinajstić information content (AvgIpc) is 3.01. The highest BCUT2D eigenvalue weighted by Gasteiger charge is 2.31. The number of likely N-dealkylation sites (N-methyl/N-ethyl adjacent to an activating group) is 2. The van der Waals surface area contributed by atoms with E-state index < -0.39 is 0 Å². The van der Waals surface area contributed by atoms with E-state index in [1.54, 1.807) is 0 Å². The lowest BCUT2D eigenvalue weighted by molar-refractivity contribution is -0.133. The normalized spacial score (nSPS) is 17.9. The van der Waals surface area contributed by atoms with E-state index in [4.69, 9.17) is 5.11 Å². The molecule has 0 aromatic heterocycles. The molecular formula is C11H22N2O2. The van der Waals surface area contributed by atoms with Gasteiger partial charge in [-0.15, -0.1) is 0 Å². The Bertz CT molecular complexity index is 217. The molecule has 4 heteroatoms. The van der Waals surface area contributed by atoms with E-state index in [-0.39, 0.29) is 18.6 Å². The van der Waals surface area contributed by atoms with E-state index in [9.17, 15) is 4.79 Å². The van der Waals surface area contributed by atoms with Gasteiger partial charge in [0.1, 0.15) is 0 Å². The lowest BCUT2D eigenvalue weighted by Gasteiger charge is -2.27. The maximum atomic E-state index is 11.9. The van der Waals surface area contributed by atoms with E-state index in [1.165, 1.54) is 0 Å². The zero-order chi connectivity index (χ0) is 11.4. The Kier molecular flexibility index (Phi) is 4.54. The van der Waals surface area contributed by atoms with Crippen LogP contribution in [0.5, 0.6) is 0 Å². The maximum Gasteiger partial charge on any atom is 0.236 e. The van der Waals surface area contributed by atoms with Gasteiger partial charge >= 0.3 is 0 Å². The van der Waals surface area contributed by atoms with Crippen molar-refractivity contribution in [1.29, 1.82) is 0 Å². The zero-order valence-electron chi connectivity index (χ0n) is 9.94. The molecule has 1 aliphatic rings. The number of aliphatic hydroxyl groups is 1. The molecule has 1 unspecified atom stereocenters. The van der Waals surface area contributed by atoms with Crippen LogP contribution < -0.4 is 0 Å². The van der Waals surface area contributed by atoms with E-state index in [0.29, 0.717) is 12.6 Å². The molecule has 1 atom stereocenters. The van der Waals surface area contributed by atoms with Crippen molar-refractivity contribution in [3.8, 4) is 0 Å². The number of hydrogen-bond donors (Lipinski definition) is 1. The summed E-state index contributed by atoms with van der Waals surface area (Å²) in [4.78, 5) is 15.7. The van der Waals surface area contributed by atoms with Crippen LogP contribution in [0.2, 0.25) is 0 Å². The van der Waals surface area contributed by atoms with Crippen molar-refractivity contribution in [1.82, 2.24) is 9.80 Å². The second kappa shape index (κ2) is 5.47. The lowest BCUT2D eigenvalue weighted by Crippen LogP contribution is -2.43. The van der Waals surface area contributed by atoms with Crippen molar-refractivity contribution in [2.75, 3.05) is 26.7 Å². The van der Waals surface area contributed by atoms with E-state index >= 15 is 0 Å². The summed E-state index contributed by atoms with van der Waals surface area (Å²) < 4.78 is 0. The molecule has 15 heavy (non-hydrogen) atoms. The molecule has 1 fully saturated rings. The van der Waals surface area contributed by atoms with Crippen molar-refractivity contribution < 1.29 is 9.90 Å². The monoisotopic (exact) mass is 214 g/mol. The van der Waals surface area contributed by atoms with Crippen molar-refractivity contribution in [3.63, 3.8) is 0 Å². The number of carbonyl (C=O) groups excluding carboxylic acids is 1. The van der Waals surface area contributed by atoms with Crippen LogP contribution >= 0.6 is 0 Å². The first-order valence-corrected chi connectivity index (χ1v) is 5.70. The summed E-state index contributed by atoms with van der Waals surface area (Å²) in [6, 6.07) is 0.534. The third kappa shape index (κ3) is 3.47. The molecule has 1 N–H and O–H groups in total. The number of aliphatic hydroxyl groups excluding tert-OH is 1. The van der Waals surface area contributed by atoms with Crippen LogP contribution in [0.3, 0.4) is 0 Å². The Balaban J connectivity index is 2.38. The van der Waals surface area contributed by atoms with Gasteiger partial charge in [-0.05, 0) is 33.7 Å². The van der Waals surface area contributed by atoms with Gasteiger partial charge < -0.3 is 10.0 Å². The highest BCUT2D eigenvalue weighted by Crippen LogP contribution is 2.26. The molecule has 0 aromatic carbocycles. The molecule has 0 saturated heterocycles. The molecule has 0 bridgehead atoms. The summed E-state index contributed by atoms with van der Waals surface area (Å²) in [6.45, 7) is 5.24. The van der Waals surface area contributed by atoms with Gasteiger partial charge in [-0.1, -0.05) is 0 Å². The summed E-state index contributed by atoms with van der Waals surface area (Å²) >= 11 is 0. The van der Waals surface area contributed by atoms with Crippen molar-refractivity contribution >= 4 is 5.91 Å². The molecule has 1 aliphatic carbocycles. The molecule has 1 saturated carbocycles. The molecule has 0 spiro atoms. The highest BCUT2D eigenvalue weighted by atomic mass is 16.3. The minimum absolute atomic E-state index is 0.0480. The van der Waals surface area contributed by atoms with Crippen LogP contribution in [0.1, 0.15) is 26.7 Å². The van der Waals surface area contributed by atoms with Gasteiger partial charge in [0.2, 0.25) is 5.91 Å². The van der Waals surface area contributed by atoms with Crippen molar-refractivity contribution in [2.24, 2.45) is 0 Å². The number of hydrogen-bond acceptors (Lipinski definition) is 3. The van der Waals surface area contributed by atoms with Crippen LogP contribution in [0.25, 0.3) is 0 Å². The topological polar surface area (TPSA) is 43.8 Å². The number of amides is 1. The van der Waals surface area contributed by atoms with Crippen LogP contribution in [0.4, 0.5) is 0 Å². The SMILES string of the molecule is CCN(C(=O)CN(C)C(C)CO)C1CC1. The largest absolute Gasteiger partial charge is 0.395 e. The Labute approximate surface area is 91.9 Å². The smallest absolute Gasteiger partial charge is 0.236 e. The molecule has 0 aliphatic heterocycles. The van der Waals surface area contributed by atoms with E-state index in [2.05, 4.69) is 0 Å². The summed E-state index contributed by atoms with van der Waals surface area (Å²) in [5.41, 5.74) is 0. The standard InChI is InChI=1S/C11H22N2O2/c1-4-13(10-5-6-10)11(15)7-12(3)9(2)8-14/h9-10,14H,4-8H2,1-3H3. The third-order valence-electron chi connectivity index (χ3n) is 3.05. The fourth-order valence-electron chi connectivity index (χ4n) is 1.62. The molecule has 4 nitrogen and oxygen atoms in total. The van der Waals surface area contributed by atoms with Crippen molar-refractivity contribution in [3.05, 3.63) is 0 Å². The molecule has 88 valence electrons. The third-order valence-corrected chi connectivity index (χ3v) is 3.05. The summed E-state index contributed by atoms with van der Waals surface area (Å²) in [5.74, 6) is 0.183. The van der Waals surface area contributed by atoms with Crippen LogP contribution in [-0.2, 0) is 4.79 Å². The fraction of sp³-hybridized carbons (Fsp3) is 0.909. The lowest BCUT2D eigenvalue weighted by atomic mass is 10.3. The number of carbonyl (C=O) groups is 1. The zero-order valence-corrected chi connectivity index (χ0v) is 9.94. The summed E-state index contributed by atoms with van der Waals surface area (Å²) in [7, 11) is 1.87. The average molecular weight is 214 g/mol. The van der Waals surface area contributed by atoms with Crippen LogP contribution in [-0.4, -0.2) is 59.6 Å².